The van der Waals surface area contributed by atoms with E-state index < -0.39 is 31.1 Å². The number of nitrogens with one attached hydrogen (secondary N) is 2. The van der Waals surface area contributed by atoms with E-state index in [1.807, 2.05) is 18.2 Å². The summed E-state index contributed by atoms with van der Waals surface area (Å²) in [5.74, 6) is -1.98. The van der Waals surface area contributed by atoms with Crippen molar-refractivity contribution < 1.29 is 32.6 Å². The summed E-state index contributed by atoms with van der Waals surface area (Å²) < 4.78 is 33.6. The Morgan fingerprint density at radius 2 is 1.58 bits per heavy atom. The summed E-state index contributed by atoms with van der Waals surface area (Å²) in [7, 11) is 0. The Morgan fingerprint density at radius 1 is 0.935 bits per heavy atom. The molecule has 1 unspecified atom stereocenters. The monoisotopic (exact) mass is 434 g/mol. The molecule has 0 saturated heterocycles. The van der Waals surface area contributed by atoms with Crippen LogP contribution in [-0.4, -0.2) is 37.0 Å². The highest BCUT2D eigenvalue weighted by Crippen LogP contribution is 2.17. The second-order valence-electron chi connectivity index (χ2n) is 7.01. The molecule has 2 N–H and O–H groups in total. The van der Waals surface area contributed by atoms with Gasteiger partial charge in [-0.15, -0.1) is 0 Å². The van der Waals surface area contributed by atoms with E-state index in [0.717, 1.165) is 5.56 Å². The number of halogens is 2. The minimum Gasteiger partial charge on any atom is -0.454 e. The summed E-state index contributed by atoms with van der Waals surface area (Å²) in [6, 6.07) is 13.5. The minimum absolute atomic E-state index is 0.0505. The number of benzene rings is 2. The number of carbonyl (C=O) groups excluding carboxylic acids is 3. The number of hydrogen-bond acceptors (Lipinski definition) is 5. The van der Waals surface area contributed by atoms with Crippen LogP contribution in [0.4, 0.5) is 14.5 Å². The SMILES string of the molecule is CC(C)C(NC(=O)Cc1ccccc1)C(=O)OCC(=O)Nc1ccc(OC(F)F)cc1. The van der Waals surface area contributed by atoms with Crippen LogP contribution in [0.15, 0.2) is 54.6 Å². The molecule has 2 aromatic carbocycles. The third kappa shape index (κ3) is 8.41. The number of rotatable bonds is 10. The van der Waals surface area contributed by atoms with Crippen LogP contribution < -0.4 is 15.4 Å². The Morgan fingerprint density at radius 3 is 2.16 bits per heavy atom. The van der Waals surface area contributed by atoms with Gasteiger partial charge in [0.05, 0.1) is 6.42 Å². The molecule has 0 heterocycles. The lowest BCUT2D eigenvalue weighted by molar-refractivity contribution is -0.151. The molecule has 31 heavy (non-hydrogen) atoms. The largest absolute Gasteiger partial charge is 0.454 e. The standard InChI is InChI=1S/C22H24F2N2O5/c1-14(2)20(26-18(27)12-15-6-4-3-5-7-15)21(29)30-13-19(28)25-16-8-10-17(11-9-16)31-22(23)24/h3-11,14,20,22H,12-13H2,1-2H3,(H,25,28)(H,26,27). The van der Waals surface area contributed by atoms with Crippen LogP contribution in [0.5, 0.6) is 5.75 Å². The van der Waals surface area contributed by atoms with E-state index in [1.54, 1.807) is 26.0 Å². The van der Waals surface area contributed by atoms with Crippen molar-refractivity contribution in [3.05, 3.63) is 60.2 Å². The molecule has 0 saturated carbocycles. The Kier molecular flexibility index (Phi) is 8.93. The molecule has 9 heteroatoms. The molecule has 0 aliphatic carbocycles. The molecule has 7 nitrogen and oxygen atoms in total. The highest BCUT2D eigenvalue weighted by Gasteiger charge is 2.26. The molecular weight excluding hydrogens is 410 g/mol. The average Bonchev–Trinajstić information content (AvgIpc) is 2.72. The molecule has 0 aliphatic heterocycles. The second kappa shape index (κ2) is 11.6. The zero-order valence-corrected chi connectivity index (χ0v) is 17.1. The van der Waals surface area contributed by atoms with Crippen LogP contribution in [-0.2, 0) is 25.5 Å². The maximum Gasteiger partial charge on any atom is 0.387 e. The summed E-state index contributed by atoms with van der Waals surface area (Å²) in [5.41, 5.74) is 1.12. The van der Waals surface area contributed by atoms with Gasteiger partial charge < -0.3 is 20.1 Å². The number of esters is 1. The Balaban J connectivity index is 1.83. The van der Waals surface area contributed by atoms with E-state index in [4.69, 9.17) is 4.74 Å². The van der Waals surface area contributed by atoms with Gasteiger partial charge in [0.25, 0.3) is 5.91 Å². The molecule has 0 aromatic heterocycles. The minimum atomic E-state index is -2.94. The van der Waals surface area contributed by atoms with Gasteiger partial charge in [0, 0.05) is 5.69 Å². The molecule has 0 fully saturated rings. The van der Waals surface area contributed by atoms with Gasteiger partial charge in [-0.2, -0.15) is 8.78 Å². The molecule has 0 aliphatic rings. The molecule has 0 spiro atoms. The molecular formula is C22H24F2N2O5. The van der Waals surface area contributed by atoms with Gasteiger partial charge >= 0.3 is 12.6 Å². The Hall–Kier alpha value is -3.49. The molecule has 1 atom stereocenters. The van der Waals surface area contributed by atoms with Gasteiger partial charge in [-0.25, -0.2) is 4.79 Å². The normalized spacial score (nSPS) is 11.7. The van der Waals surface area contributed by atoms with Crippen LogP contribution in [0, 0.1) is 5.92 Å². The first-order valence-corrected chi connectivity index (χ1v) is 9.59. The molecule has 166 valence electrons. The lowest BCUT2D eigenvalue weighted by atomic mass is 10.0. The van der Waals surface area contributed by atoms with Crippen molar-refractivity contribution in [1.82, 2.24) is 5.32 Å². The molecule has 0 bridgehead atoms. The van der Waals surface area contributed by atoms with E-state index in [-0.39, 0.29) is 24.0 Å². The van der Waals surface area contributed by atoms with Gasteiger partial charge in [-0.1, -0.05) is 44.2 Å². The molecule has 2 amide bonds. The smallest absolute Gasteiger partial charge is 0.387 e. The molecule has 2 rings (SSSR count). The Labute approximate surface area is 178 Å². The predicted molar refractivity (Wildman–Crippen MR) is 110 cm³/mol. The summed E-state index contributed by atoms with van der Waals surface area (Å²) in [5, 5.41) is 5.11. The van der Waals surface area contributed by atoms with E-state index in [0.29, 0.717) is 5.69 Å². The highest BCUT2D eigenvalue weighted by atomic mass is 19.3. The maximum atomic E-state index is 12.4. The van der Waals surface area contributed by atoms with Gasteiger partial charge in [-0.3, -0.25) is 9.59 Å². The highest BCUT2D eigenvalue weighted by molar-refractivity contribution is 5.93. The van der Waals surface area contributed by atoms with Crippen LogP contribution in [0.3, 0.4) is 0 Å². The third-order valence-electron chi connectivity index (χ3n) is 4.15. The van der Waals surface area contributed by atoms with E-state index >= 15 is 0 Å². The number of anilines is 1. The van der Waals surface area contributed by atoms with Crippen LogP contribution in [0.1, 0.15) is 19.4 Å². The van der Waals surface area contributed by atoms with Crippen LogP contribution in [0.2, 0.25) is 0 Å². The van der Waals surface area contributed by atoms with Crippen molar-refractivity contribution >= 4 is 23.5 Å². The summed E-state index contributed by atoms with van der Waals surface area (Å²) in [6.07, 6.45) is 0.114. The van der Waals surface area contributed by atoms with Gasteiger partial charge in [0.1, 0.15) is 11.8 Å². The van der Waals surface area contributed by atoms with Crippen molar-refractivity contribution in [2.45, 2.75) is 32.9 Å². The fourth-order valence-electron chi connectivity index (χ4n) is 2.65. The number of ether oxygens (including phenoxy) is 2. The van der Waals surface area contributed by atoms with Gasteiger partial charge in [-0.05, 0) is 35.7 Å². The second-order valence-corrected chi connectivity index (χ2v) is 7.01. The fraction of sp³-hybridized carbons (Fsp3) is 0.318. The lowest BCUT2D eigenvalue weighted by Crippen LogP contribution is -2.46. The first kappa shape index (κ1) is 23.8. The summed E-state index contributed by atoms with van der Waals surface area (Å²) in [6.45, 7) is -0.0106. The lowest BCUT2D eigenvalue weighted by Gasteiger charge is -2.20. The van der Waals surface area contributed by atoms with Crippen molar-refractivity contribution in [2.24, 2.45) is 5.92 Å². The van der Waals surface area contributed by atoms with Crippen molar-refractivity contribution in [3.8, 4) is 5.75 Å². The van der Waals surface area contributed by atoms with Crippen molar-refractivity contribution in [3.63, 3.8) is 0 Å². The number of hydrogen-bond donors (Lipinski definition) is 2. The van der Waals surface area contributed by atoms with Crippen molar-refractivity contribution in [2.75, 3.05) is 11.9 Å². The summed E-state index contributed by atoms with van der Waals surface area (Å²) in [4.78, 5) is 36.6. The predicted octanol–water partition coefficient (Wildman–Crippen LogP) is 3.15. The zero-order chi connectivity index (χ0) is 22.8. The zero-order valence-electron chi connectivity index (χ0n) is 17.1. The number of carbonyl (C=O) groups is 3. The van der Waals surface area contributed by atoms with E-state index in [1.165, 1.54) is 24.3 Å². The maximum absolute atomic E-state index is 12.4. The third-order valence-corrected chi connectivity index (χ3v) is 4.15. The number of amides is 2. The first-order chi connectivity index (χ1) is 14.7. The Bertz CT molecular complexity index is 873. The van der Waals surface area contributed by atoms with Crippen LogP contribution in [0.25, 0.3) is 0 Å². The van der Waals surface area contributed by atoms with Gasteiger partial charge in [0.15, 0.2) is 6.61 Å². The quantitative estimate of drug-likeness (QED) is 0.561. The van der Waals surface area contributed by atoms with Crippen LogP contribution >= 0.6 is 0 Å². The topological polar surface area (TPSA) is 93.7 Å². The average molecular weight is 434 g/mol. The first-order valence-electron chi connectivity index (χ1n) is 9.59. The van der Waals surface area contributed by atoms with Crippen molar-refractivity contribution in [1.29, 1.82) is 0 Å². The number of alkyl halides is 2. The molecule has 2 aromatic rings. The van der Waals surface area contributed by atoms with E-state index in [2.05, 4.69) is 15.4 Å². The summed E-state index contributed by atoms with van der Waals surface area (Å²) >= 11 is 0. The molecule has 0 radical (unpaired) electrons. The fourth-order valence-corrected chi connectivity index (χ4v) is 2.65. The van der Waals surface area contributed by atoms with E-state index in [9.17, 15) is 23.2 Å². The van der Waals surface area contributed by atoms with Gasteiger partial charge in [0.2, 0.25) is 5.91 Å².